The molecule has 1 amide bonds. The largest absolute Gasteiger partial charge is 0.385 e. The van der Waals surface area contributed by atoms with Crippen LogP contribution in [0.5, 0.6) is 0 Å². The summed E-state index contributed by atoms with van der Waals surface area (Å²) in [5.74, 6) is 0.0629. The number of thiophene rings is 1. The fourth-order valence-electron chi connectivity index (χ4n) is 1.17. The van der Waals surface area contributed by atoms with Crippen molar-refractivity contribution in [2.75, 3.05) is 27.3 Å². The average Bonchev–Trinajstić information content (AvgIpc) is 2.63. The van der Waals surface area contributed by atoms with Crippen LogP contribution in [0.2, 0.25) is 0 Å². The lowest BCUT2D eigenvalue weighted by Gasteiger charge is -2.16. The molecular formula is C10H14BrNO2S. The summed E-state index contributed by atoms with van der Waals surface area (Å²) in [6, 6.07) is 1.89. The van der Waals surface area contributed by atoms with Gasteiger partial charge in [0.05, 0.1) is 0 Å². The van der Waals surface area contributed by atoms with Crippen LogP contribution in [0.1, 0.15) is 16.1 Å². The maximum atomic E-state index is 11.9. The molecule has 0 bridgehead atoms. The Balaban J connectivity index is 2.50. The second-order valence-corrected chi connectivity index (χ2v) is 4.94. The van der Waals surface area contributed by atoms with Gasteiger partial charge in [0, 0.05) is 31.8 Å². The van der Waals surface area contributed by atoms with Gasteiger partial charge in [0.15, 0.2) is 0 Å². The molecule has 0 aromatic carbocycles. The molecule has 1 rings (SSSR count). The molecule has 1 aromatic heterocycles. The first-order valence-corrected chi connectivity index (χ1v) is 6.31. The molecule has 0 unspecified atom stereocenters. The number of carbonyl (C=O) groups excluding carboxylic acids is 1. The van der Waals surface area contributed by atoms with Gasteiger partial charge < -0.3 is 9.64 Å². The number of methoxy groups -OCH3 is 1. The van der Waals surface area contributed by atoms with Crippen LogP contribution in [0.3, 0.4) is 0 Å². The lowest BCUT2D eigenvalue weighted by molar-refractivity contribution is 0.0783. The minimum Gasteiger partial charge on any atom is -0.385 e. The van der Waals surface area contributed by atoms with E-state index in [1.807, 2.05) is 18.5 Å². The molecule has 0 aliphatic carbocycles. The van der Waals surface area contributed by atoms with Crippen LogP contribution in [0, 0.1) is 0 Å². The molecule has 84 valence electrons. The van der Waals surface area contributed by atoms with Gasteiger partial charge in [-0.15, -0.1) is 11.3 Å². The van der Waals surface area contributed by atoms with Crippen molar-refractivity contribution in [2.45, 2.75) is 6.42 Å². The monoisotopic (exact) mass is 291 g/mol. The van der Waals surface area contributed by atoms with Crippen LogP contribution < -0.4 is 0 Å². The molecule has 0 N–H and O–H groups in total. The van der Waals surface area contributed by atoms with E-state index in [1.54, 1.807) is 12.0 Å². The molecule has 0 aliphatic heterocycles. The third-order valence-corrected chi connectivity index (χ3v) is 3.83. The molecule has 0 saturated carbocycles. The molecule has 15 heavy (non-hydrogen) atoms. The molecule has 0 radical (unpaired) electrons. The van der Waals surface area contributed by atoms with Crippen LogP contribution in [-0.2, 0) is 4.74 Å². The fraction of sp³-hybridized carbons (Fsp3) is 0.500. The highest BCUT2D eigenvalue weighted by Gasteiger charge is 2.15. The minimum atomic E-state index is 0.0629. The van der Waals surface area contributed by atoms with Gasteiger partial charge in [-0.3, -0.25) is 4.79 Å². The zero-order chi connectivity index (χ0) is 11.3. The fourth-order valence-corrected chi connectivity index (χ4v) is 2.70. The summed E-state index contributed by atoms with van der Waals surface area (Å²) in [5, 5.41) is 1.90. The lowest BCUT2D eigenvalue weighted by atomic mass is 10.3. The zero-order valence-electron chi connectivity index (χ0n) is 8.83. The summed E-state index contributed by atoms with van der Waals surface area (Å²) >= 11 is 4.81. The first-order chi connectivity index (χ1) is 7.16. The second-order valence-electron chi connectivity index (χ2n) is 3.17. The lowest BCUT2D eigenvalue weighted by Crippen LogP contribution is -2.27. The minimum absolute atomic E-state index is 0.0629. The Morgan fingerprint density at radius 2 is 2.40 bits per heavy atom. The van der Waals surface area contributed by atoms with Crippen LogP contribution in [0.15, 0.2) is 15.9 Å². The molecule has 5 heteroatoms. The van der Waals surface area contributed by atoms with Crippen LogP contribution in [0.25, 0.3) is 0 Å². The van der Waals surface area contributed by atoms with E-state index in [2.05, 4.69) is 15.9 Å². The first kappa shape index (κ1) is 12.7. The van der Waals surface area contributed by atoms with E-state index in [9.17, 15) is 4.79 Å². The molecular weight excluding hydrogens is 278 g/mol. The Labute approximate surface area is 102 Å². The number of rotatable bonds is 5. The number of nitrogens with zero attached hydrogens (tertiary/aromatic N) is 1. The van der Waals surface area contributed by atoms with Crippen molar-refractivity contribution in [1.29, 1.82) is 0 Å². The van der Waals surface area contributed by atoms with Gasteiger partial charge in [-0.1, -0.05) is 0 Å². The van der Waals surface area contributed by atoms with Crippen molar-refractivity contribution in [3.8, 4) is 0 Å². The molecule has 0 atom stereocenters. The Morgan fingerprint density at radius 1 is 1.67 bits per heavy atom. The van der Waals surface area contributed by atoms with Gasteiger partial charge in [0.1, 0.15) is 4.88 Å². The Morgan fingerprint density at radius 3 is 2.93 bits per heavy atom. The number of hydrogen-bond donors (Lipinski definition) is 0. The average molecular weight is 292 g/mol. The number of hydrogen-bond acceptors (Lipinski definition) is 3. The van der Waals surface area contributed by atoms with Gasteiger partial charge in [-0.05, 0) is 33.8 Å². The van der Waals surface area contributed by atoms with Crippen LogP contribution in [0.4, 0.5) is 0 Å². The van der Waals surface area contributed by atoms with Crippen molar-refractivity contribution >= 4 is 33.2 Å². The van der Waals surface area contributed by atoms with Crippen molar-refractivity contribution in [3.63, 3.8) is 0 Å². The number of ether oxygens (including phenoxy) is 1. The molecule has 3 nitrogen and oxygen atoms in total. The van der Waals surface area contributed by atoms with Crippen molar-refractivity contribution < 1.29 is 9.53 Å². The summed E-state index contributed by atoms with van der Waals surface area (Å²) in [7, 11) is 3.47. The highest BCUT2D eigenvalue weighted by molar-refractivity contribution is 9.10. The molecule has 0 saturated heterocycles. The van der Waals surface area contributed by atoms with Crippen molar-refractivity contribution in [3.05, 3.63) is 20.8 Å². The molecule has 0 spiro atoms. The maximum Gasteiger partial charge on any atom is 0.264 e. The summed E-state index contributed by atoms with van der Waals surface area (Å²) < 4.78 is 5.81. The van der Waals surface area contributed by atoms with Crippen molar-refractivity contribution in [1.82, 2.24) is 4.90 Å². The third-order valence-electron chi connectivity index (χ3n) is 2.00. The smallest absolute Gasteiger partial charge is 0.264 e. The SMILES string of the molecule is COCCCN(C)C(=O)c1sccc1Br. The standard InChI is InChI=1S/C10H14BrNO2S/c1-12(5-3-6-14-2)10(13)9-8(11)4-7-15-9/h4,7H,3,5-6H2,1-2H3. The molecule has 0 fully saturated rings. The number of halogens is 1. The highest BCUT2D eigenvalue weighted by Crippen LogP contribution is 2.23. The Bertz CT molecular complexity index is 327. The van der Waals surface area contributed by atoms with E-state index >= 15 is 0 Å². The topological polar surface area (TPSA) is 29.5 Å². The van der Waals surface area contributed by atoms with E-state index in [0.717, 1.165) is 22.3 Å². The van der Waals surface area contributed by atoms with Gasteiger partial charge >= 0.3 is 0 Å². The molecule has 0 aliphatic rings. The summed E-state index contributed by atoms with van der Waals surface area (Å²) in [5.41, 5.74) is 0. The maximum absolute atomic E-state index is 11.9. The van der Waals surface area contributed by atoms with Crippen LogP contribution >= 0.6 is 27.3 Å². The Kier molecular flexibility index (Phi) is 5.28. The predicted molar refractivity (Wildman–Crippen MR) is 65.5 cm³/mol. The van der Waals surface area contributed by atoms with E-state index in [4.69, 9.17) is 4.74 Å². The van der Waals surface area contributed by atoms with Crippen molar-refractivity contribution in [2.24, 2.45) is 0 Å². The summed E-state index contributed by atoms with van der Waals surface area (Å²) in [4.78, 5) is 14.4. The number of amides is 1. The van der Waals surface area contributed by atoms with E-state index in [-0.39, 0.29) is 5.91 Å². The predicted octanol–water partition coefficient (Wildman–Crippen LogP) is 2.62. The van der Waals surface area contributed by atoms with Gasteiger partial charge in [0.2, 0.25) is 0 Å². The van der Waals surface area contributed by atoms with Crippen LogP contribution in [-0.4, -0.2) is 38.1 Å². The quantitative estimate of drug-likeness (QED) is 0.781. The highest BCUT2D eigenvalue weighted by atomic mass is 79.9. The zero-order valence-corrected chi connectivity index (χ0v) is 11.2. The summed E-state index contributed by atoms with van der Waals surface area (Å²) in [6.07, 6.45) is 0.863. The van der Waals surface area contributed by atoms with Gasteiger partial charge in [-0.25, -0.2) is 0 Å². The van der Waals surface area contributed by atoms with E-state index < -0.39 is 0 Å². The summed E-state index contributed by atoms with van der Waals surface area (Å²) in [6.45, 7) is 1.40. The molecule has 1 aromatic rings. The van der Waals surface area contributed by atoms with Gasteiger partial charge in [0.25, 0.3) is 5.91 Å². The normalized spacial score (nSPS) is 10.3. The van der Waals surface area contributed by atoms with Gasteiger partial charge in [-0.2, -0.15) is 0 Å². The molecule has 1 heterocycles. The second kappa shape index (κ2) is 6.25. The third kappa shape index (κ3) is 3.59. The number of carbonyl (C=O) groups is 1. The first-order valence-electron chi connectivity index (χ1n) is 4.64. The van der Waals surface area contributed by atoms with E-state index in [0.29, 0.717) is 6.61 Å². The Hall–Kier alpha value is -0.390. The van der Waals surface area contributed by atoms with E-state index in [1.165, 1.54) is 11.3 Å².